The number of hydrogen-bond donors (Lipinski definition) is 2. The Labute approximate surface area is 137 Å². The molecule has 0 saturated carbocycles. The molecule has 1 aliphatic rings. The number of rotatable bonds is 4. The Hall–Kier alpha value is -2.78. The predicted molar refractivity (Wildman–Crippen MR) is 83.3 cm³/mol. The van der Waals surface area contributed by atoms with Crippen molar-refractivity contribution in [2.75, 3.05) is 19.2 Å². The Morgan fingerprint density at radius 3 is 2.62 bits per heavy atom. The Balaban J connectivity index is 1.86. The number of nitrogens with one attached hydrogen (secondary N) is 1. The number of carbonyl (C=O) groups is 1. The Kier molecular flexibility index (Phi) is 4.04. The maximum absolute atomic E-state index is 12.3. The maximum Gasteiger partial charge on any atom is 0.294 e. The van der Waals surface area contributed by atoms with Crippen molar-refractivity contribution in [1.82, 2.24) is 0 Å². The molecule has 2 aromatic rings. The van der Waals surface area contributed by atoms with Crippen LogP contribution in [0.3, 0.4) is 0 Å². The van der Waals surface area contributed by atoms with Crippen molar-refractivity contribution in [2.45, 2.75) is 4.90 Å². The molecule has 24 heavy (non-hydrogen) atoms. The normalized spacial score (nSPS) is 12.8. The van der Waals surface area contributed by atoms with Crippen LogP contribution in [-0.4, -0.2) is 32.8 Å². The first kappa shape index (κ1) is 16.1. The smallest absolute Gasteiger partial charge is 0.294 e. The van der Waals surface area contributed by atoms with E-state index in [0.29, 0.717) is 17.1 Å². The summed E-state index contributed by atoms with van der Waals surface area (Å²) in [6, 6.07) is 8.33. The van der Waals surface area contributed by atoms with Gasteiger partial charge >= 0.3 is 0 Å². The summed E-state index contributed by atoms with van der Waals surface area (Å²) in [5.41, 5.74) is 0.590. The lowest BCUT2D eigenvalue weighted by Crippen LogP contribution is -2.13. The third kappa shape index (κ3) is 3.12. The quantitative estimate of drug-likeness (QED) is 0.810. The third-order valence-corrected chi connectivity index (χ3v) is 4.20. The molecule has 0 bridgehead atoms. The average molecular weight is 351 g/mol. The van der Waals surface area contributed by atoms with E-state index in [0.717, 1.165) is 12.1 Å². The van der Waals surface area contributed by atoms with Gasteiger partial charge in [-0.25, -0.2) is 0 Å². The highest BCUT2D eigenvalue weighted by atomic mass is 32.2. The molecular weight excluding hydrogens is 338 g/mol. The molecule has 3 rings (SSSR count). The van der Waals surface area contributed by atoms with Gasteiger partial charge in [0.05, 0.1) is 17.7 Å². The number of fused-ring (bicyclic) bond motifs is 1. The fourth-order valence-corrected chi connectivity index (χ4v) is 2.66. The van der Waals surface area contributed by atoms with Crippen LogP contribution in [-0.2, 0) is 10.1 Å². The highest BCUT2D eigenvalue weighted by molar-refractivity contribution is 7.85. The minimum absolute atomic E-state index is 0.0965. The molecule has 0 atom stereocenters. The van der Waals surface area contributed by atoms with Crippen LogP contribution < -0.4 is 19.5 Å². The van der Waals surface area contributed by atoms with E-state index in [9.17, 15) is 13.2 Å². The fraction of sp³-hybridized carbons (Fsp3) is 0.133. The molecular formula is C15H13NO7S. The number of benzene rings is 2. The Morgan fingerprint density at radius 1 is 1.17 bits per heavy atom. The number of hydrogen-bond acceptors (Lipinski definition) is 6. The van der Waals surface area contributed by atoms with Gasteiger partial charge < -0.3 is 19.5 Å². The van der Waals surface area contributed by atoms with Gasteiger partial charge in [0.15, 0.2) is 11.5 Å². The molecule has 2 N–H and O–H groups in total. The fourth-order valence-electron chi connectivity index (χ4n) is 2.17. The third-order valence-electron chi connectivity index (χ3n) is 3.35. The van der Waals surface area contributed by atoms with Crippen LogP contribution in [0.5, 0.6) is 17.2 Å². The molecule has 9 heteroatoms. The number of amides is 1. The Morgan fingerprint density at radius 2 is 1.92 bits per heavy atom. The summed E-state index contributed by atoms with van der Waals surface area (Å²) in [6.45, 7) is 0.103. The van der Waals surface area contributed by atoms with Crippen LogP contribution in [0.4, 0.5) is 5.69 Å². The highest BCUT2D eigenvalue weighted by Crippen LogP contribution is 2.33. The zero-order valence-corrected chi connectivity index (χ0v) is 13.3. The summed E-state index contributed by atoms with van der Waals surface area (Å²) in [6.07, 6.45) is 0. The second kappa shape index (κ2) is 6.02. The van der Waals surface area contributed by atoms with Crippen molar-refractivity contribution in [1.29, 1.82) is 0 Å². The van der Waals surface area contributed by atoms with E-state index in [4.69, 9.17) is 18.8 Å². The molecule has 1 aliphatic heterocycles. The largest absolute Gasteiger partial charge is 0.495 e. The summed E-state index contributed by atoms with van der Waals surface area (Å²) >= 11 is 0. The summed E-state index contributed by atoms with van der Waals surface area (Å²) in [5, 5.41) is 2.61. The second-order valence-electron chi connectivity index (χ2n) is 4.86. The van der Waals surface area contributed by atoms with Gasteiger partial charge in [0.2, 0.25) is 6.79 Å². The van der Waals surface area contributed by atoms with Crippen molar-refractivity contribution >= 4 is 21.7 Å². The molecule has 0 fully saturated rings. The van der Waals surface area contributed by atoms with Gasteiger partial charge in [-0.15, -0.1) is 0 Å². The average Bonchev–Trinajstić information content (AvgIpc) is 3.01. The molecule has 0 aromatic heterocycles. The van der Waals surface area contributed by atoms with Gasteiger partial charge in [0.1, 0.15) is 5.75 Å². The second-order valence-corrected chi connectivity index (χ2v) is 6.28. The van der Waals surface area contributed by atoms with Crippen molar-refractivity contribution < 1.29 is 32.0 Å². The van der Waals surface area contributed by atoms with E-state index in [1.807, 2.05) is 0 Å². The lowest BCUT2D eigenvalue weighted by Gasteiger charge is -2.11. The zero-order valence-electron chi connectivity index (χ0n) is 12.5. The SMILES string of the molecule is COc1cc(S(=O)(=O)O)ccc1NC(=O)c1ccc2c(c1)OCO2. The van der Waals surface area contributed by atoms with Crippen LogP contribution in [0, 0.1) is 0 Å². The van der Waals surface area contributed by atoms with Gasteiger partial charge in [0.25, 0.3) is 16.0 Å². The molecule has 0 radical (unpaired) electrons. The van der Waals surface area contributed by atoms with Crippen LogP contribution in [0.15, 0.2) is 41.3 Å². The summed E-state index contributed by atoms with van der Waals surface area (Å²) in [4.78, 5) is 12.0. The van der Waals surface area contributed by atoms with Crippen LogP contribution in [0.25, 0.3) is 0 Å². The van der Waals surface area contributed by atoms with E-state index in [1.54, 1.807) is 12.1 Å². The van der Waals surface area contributed by atoms with Gasteiger partial charge in [0, 0.05) is 11.6 Å². The van der Waals surface area contributed by atoms with Crippen LogP contribution in [0.2, 0.25) is 0 Å². The molecule has 0 aliphatic carbocycles. The van der Waals surface area contributed by atoms with Crippen LogP contribution >= 0.6 is 0 Å². The number of anilines is 1. The van der Waals surface area contributed by atoms with Crippen molar-refractivity contribution in [2.24, 2.45) is 0 Å². The first-order chi connectivity index (χ1) is 11.4. The minimum Gasteiger partial charge on any atom is -0.495 e. The summed E-state index contributed by atoms with van der Waals surface area (Å²) in [7, 11) is -3.04. The van der Waals surface area contributed by atoms with Crippen molar-refractivity contribution in [3.63, 3.8) is 0 Å². The Bertz CT molecular complexity index is 908. The van der Waals surface area contributed by atoms with E-state index in [-0.39, 0.29) is 23.1 Å². The highest BCUT2D eigenvalue weighted by Gasteiger charge is 2.18. The first-order valence-corrected chi connectivity index (χ1v) is 8.19. The van der Waals surface area contributed by atoms with Gasteiger partial charge in [-0.1, -0.05) is 0 Å². The summed E-state index contributed by atoms with van der Waals surface area (Å²) < 4.78 is 46.8. The van der Waals surface area contributed by atoms with Gasteiger partial charge in [-0.2, -0.15) is 8.42 Å². The lowest BCUT2D eigenvalue weighted by atomic mass is 10.2. The molecule has 2 aromatic carbocycles. The number of methoxy groups -OCH3 is 1. The number of carbonyl (C=O) groups excluding carboxylic acids is 1. The van der Waals surface area contributed by atoms with Crippen molar-refractivity contribution in [3.05, 3.63) is 42.0 Å². The van der Waals surface area contributed by atoms with Crippen LogP contribution in [0.1, 0.15) is 10.4 Å². The van der Waals surface area contributed by atoms with E-state index >= 15 is 0 Å². The monoisotopic (exact) mass is 351 g/mol. The molecule has 1 amide bonds. The van der Waals surface area contributed by atoms with E-state index < -0.39 is 16.0 Å². The standard InChI is InChI=1S/C15H13NO7S/c1-21-13-7-10(24(18,19)20)3-4-11(13)16-15(17)9-2-5-12-14(6-9)23-8-22-12/h2-7H,8H2,1H3,(H,16,17)(H,18,19,20). The van der Waals surface area contributed by atoms with E-state index in [2.05, 4.69) is 5.32 Å². The zero-order chi connectivity index (χ0) is 17.3. The topological polar surface area (TPSA) is 111 Å². The number of ether oxygens (including phenoxy) is 3. The predicted octanol–water partition coefficient (Wildman–Crippen LogP) is 1.92. The minimum atomic E-state index is -4.36. The first-order valence-electron chi connectivity index (χ1n) is 6.75. The molecule has 126 valence electrons. The van der Waals surface area contributed by atoms with E-state index in [1.165, 1.54) is 19.2 Å². The van der Waals surface area contributed by atoms with Gasteiger partial charge in [-0.3, -0.25) is 9.35 Å². The molecule has 0 spiro atoms. The maximum atomic E-state index is 12.3. The molecule has 1 heterocycles. The molecule has 0 saturated heterocycles. The van der Waals surface area contributed by atoms with Crippen molar-refractivity contribution in [3.8, 4) is 17.2 Å². The molecule has 0 unspecified atom stereocenters. The molecule has 8 nitrogen and oxygen atoms in total. The van der Waals surface area contributed by atoms with Gasteiger partial charge in [-0.05, 0) is 30.3 Å². The lowest BCUT2D eigenvalue weighted by molar-refractivity contribution is 0.102. The summed E-state index contributed by atoms with van der Waals surface area (Å²) in [5.74, 6) is 0.684.